The van der Waals surface area contributed by atoms with Crippen LogP contribution in [-0.2, 0) is 10.0 Å². The summed E-state index contributed by atoms with van der Waals surface area (Å²) in [4.78, 5) is 15.1. The number of carbonyl (C=O) groups excluding carboxylic acids is 1. The topological polar surface area (TPSA) is 76.6 Å². The van der Waals surface area contributed by atoms with Gasteiger partial charge in [-0.25, -0.2) is 17.8 Å². The summed E-state index contributed by atoms with van der Waals surface area (Å²) in [5.41, 5.74) is 0.169. The molecule has 3 rings (SSSR count). The van der Waals surface area contributed by atoms with Crippen LogP contribution >= 0.6 is 11.6 Å². The third kappa shape index (κ3) is 2.87. The molecule has 9 heteroatoms. The lowest BCUT2D eigenvalue weighted by atomic mass is 10.2. The second-order valence-electron chi connectivity index (χ2n) is 4.70. The van der Waals surface area contributed by atoms with Gasteiger partial charge in [-0.15, -0.1) is 0 Å². The maximum absolute atomic E-state index is 13.0. The Bertz CT molecular complexity index is 871. The Kier molecular flexibility index (Phi) is 3.95. The molecule has 1 aromatic heterocycles. The number of hydrogen-bond donors (Lipinski definition) is 0. The third-order valence-corrected chi connectivity index (χ3v) is 5.31. The summed E-state index contributed by atoms with van der Waals surface area (Å²) >= 11 is 5.41. The predicted octanol–water partition coefficient (Wildman–Crippen LogP) is 2.19. The van der Waals surface area contributed by atoms with E-state index in [1.807, 2.05) is 0 Å². The smallest absolute Gasteiger partial charge is 0.264 e. The molecule has 0 saturated carbocycles. The standard InChI is InChI=1S/C14H10ClFN2O4S/c15-13(19)9-7-12-14(17-8-9)22-6-5-18(12)23(20,21)11-3-1-10(16)2-4-11/h1-4,7-8H,5-6H2. The van der Waals surface area contributed by atoms with Crippen LogP contribution in [0.25, 0.3) is 0 Å². The van der Waals surface area contributed by atoms with Gasteiger partial charge in [-0.05, 0) is 41.9 Å². The summed E-state index contributed by atoms with van der Waals surface area (Å²) in [6, 6.07) is 5.77. The summed E-state index contributed by atoms with van der Waals surface area (Å²) in [5.74, 6) is -0.452. The Labute approximate surface area is 136 Å². The Balaban J connectivity index is 2.10. The first-order chi connectivity index (χ1) is 10.9. The zero-order chi connectivity index (χ0) is 16.6. The van der Waals surface area contributed by atoms with Crippen LogP contribution in [0, 0.1) is 5.82 Å². The molecule has 2 aromatic rings. The van der Waals surface area contributed by atoms with Crippen LogP contribution in [0.2, 0.25) is 0 Å². The van der Waals surface area contributed by atoms with E-state index in [9.17, 15) is 17.6 Å². The number of aromatic nitrogens is 1. The van der Waals surface area contributed by atoms with Gasteiger partial charge in [0.15, 0.2) is 0 Å². The molecule has 0 unspecified atom stereocenters. The highest BCUT2D eigenvalue weighted by Gasteiger charge is 2.31. The fourth-order valence-corrected chi connectivity index (χ4v) is 3.71. The normalized spacial score (nSPS) is 14.1. The fraction of sp³-hybridized carbons (Fsp3) is 0.143. The van der Waals surface area contributed by atoms with Gasteiger partial charge in [-0.3, -0.25) is 9.10 Å². The van der Waals surface area contributed by atoms with Crippen molar-refractivity contribution in [3.8, 4) is 5.88 Å². The molecule has 23 heavy (non-hydrogen) atoms. The van der Waals surface area contributed by atoms with E-state index in [1.54, 1.807) is 0 Å². The van der Waals surface area contributed by atoms with Gasteiger partial charge in [0, 0.05) is 6.20 Å². The van der Waals surface area contributed by atoms with E-state index in [-0.39, 0.29) is 35.2 Å². The second-order valence-corrected chi connectivity index (χ2v) is 6.91. The lowest BCUT2D eigenvalue weighted by molar-refractivity contribution is 0.108. The highest BCUT2D eigenvalue weighted by Crippen LogP contribution is 2.34. The molecule has 1 aliphatic rings. The Morgan fingerprint density at radius 3 is 2.65 bits per heavy atom. The van der Waals surface area contributed by atoms with E-state index in [0.29, 0.717) is 0 Å². The molecule has 0 saturated heterocycles. The monoisotopic (exact) mass is 356 g/mol. The minimum Gasteiger partial charge on any atom is -0.474 e. The molecule has 6 nitrogen and oxygen atoms in total. The lowest BCUT2D eigenvalue weighted by Crippen LogP contribution is -2.38. The Morgan fingerprint density at radius 2 is 2.00 bits per heavy atom. The van der Waals surface area contributed by atoms with Crippen molar-refractivity contribution in [2.75, 3.05) is 17.5 Å². The van der Waals surface area contributed by atoms with Crippen molar-refractivity contribution < 1.29 is 22.3 Å². The molecule has 1 aromatic carbocycles. The first kappa shape index (κ1) is 15.7. The average Bonchev–Trinajstić information content (AvgIpc) is 2.54. The molecule has 1 aliphatic heterocycles. The number of rotatable bonds is 3. The number of nitrogens with zero attached hydrogens (tertiary/aromatic N) is 2. The molecule has 0 aliphatic carbocycles. The number of halogens is 2. The molecule has 0 amide bonds. The maximum Gasteiger partial charge on any atom is 0.264 e. The van der Waals surface area contributed by atoms with Gasteiger partial charge in [0.2, 0.25) is 5.88 Å². The Morgan fingerprint density at radius 1 is 1.30 bits per heavy atom. The summed E-state index contributed by atoms with van der Waals surface area (Å²) in [5, 5.41) is -0.759. The second kappa shape index (κ2) is 5.78. The number of ether oxygens (including phenoxy) is 1. The van der Waals surface area contributed by atoms with Crippen LogP contribution in [0.4, 0.5) is 10.1 Å². The molecular formula is C14H10ClFN2O4S. The van der Waals surface area contributed by atoms with E-state index >= 15 is 0 Å². The van der Waals surface area contributed by atoms with Crippen LogP contribution < -0.4 is 9.04 Å². The van der Waals surface area contributed by atoms with Crippen molar-refractivity contribution >= 4 is 32.6 Å². The van der Waals surface area contributed by atoms with E-state index in [1.165, 1.54) is 24.4 Å². The molecule has 0 N–H and O–H groups in total. The van der Waals surface area contributed by atoms with Gasteiger partial charge in [-0.2, -0.15) is 0 Å². The van der Waals surface area contributed by atoms with Gasteiger partial charge < -0.3 is 4.74 Å². The van der Waals surface area contributed by atoms with E-state index < -0.39 is 21.1 Å². The van der Waals surface area contributed by atoms with Gasteiger partial charge in [0.1, 0.15) is 18.1 Å². The van der Waals surface area contributed by atoms with E-state index in [0.717, 1.165) is 16.4 Å². The average molecular weight is 357 g/mol. The van der Waals surface area contributed by atoms with Crippen molar-refractivity contribution in [2.24, 2.45) is 0 Å². The summed E-state index contributed by atoms with van der Waals surface area (Å²) in [6.45, 7) is 0.142. The summed E-state index contributed by atoms with van der Waals surface area (Å²) in [6.07, 6.45) is 1.21. The lowest BCUT2D eigenvalue weighted by Gasteiger charge is -2.29. The summed E-state index contributed by atoms with van der Waals surface area (Å²) < 4.78 is 44.9. The van der Waals surface area contributed by atoms with Gasteiger partial charge in [-0.1, -0.05) is 0 Å². The molecule has 120 valence electrons. The highest BCUT2D eigenvalue weighted by molar-refractivity contribution is 7.92. The predicted molar refractivity (Wildman–Crippen MR) is 80.8 cm³/mol. The molecule has 0 fully saturated rings. The van der Waals surface area contributed by atoms with E-state index in [2.05, 4.69) is 4.98 Å². The molecule has 0 atom stereocenters. The SMILES string of the molecule is O=C(Cl)c1cnc2c(c1)N(S(=O)(=O)c1ccc(F)cc1)CCO2. The van der Waals surface area contributed by atoms with Crippen LogP contribution in [0.3, 0.4) is 0 Å². The molecular weight excluding hydrogens is 347 g/mol. The largest absolute Gasteiger partial charge is 0.474 e. The zero-order valence-corrected chi connectivity index (χ0v) is 13.1. The number of carbonyl (C=O) groups is 1. The zero-order valence-electron chi connectivity index (χ0n) is 11.6. The Hall–Kier alpha value is -2.19. The van der Waals surface area contributed by atoms with Gasteiger partial charge in [0.25, 0.3) is 15.3 Å². The number of fused-ring (bicyclic) bond motifs is 1. The van der Waals surface area contributed by atoms with Crippen molar-refractivity contribution in [3.05, 3.63) is 47.9 Å². The molecule has 0 spiro atoms. The van der Waals surface area contributed by atoms with Gasteiger partial charge >= 0.3 is 0 Å². The van der Waals surface area contributed by atoms with Crippen molar-refractivity contribution in [1.82, 2.24) is 4.98 Å². The van der Waals surface area contributed by atoms with Gasteiger partial charge in [0.05, 0.1) is 17.0 Å². The first-order valence-electron chi connectivity index (χ1n) is 6.50. The van der Waals surface area contributed by atoms with Crippen LogP contribution in [0.1, 0.15) is 10.4 Å². The number of hydrogen-bond acceptors (Lipinski definition) is 5. The molecule has 0 bridgehead atoms. The fourth-order valence-electron chi connectivity index (χ4n) is 2.17. The van der Waals surface area contributed by atoms with Crippen LogP contribution in [0.5, 0.6) is 5.88 Å². The maximum atomic E-state index is 13.0. The number of sulfonamides is 1. The van der Waals surface area contributed by atoms with Crippen molar-refractivity contribution in [3.63, 3.8) is 0 Å². The third-order valence-electron chi connectivity index (χ3n) is 3.26. The van der Waals surface area contributed by atoms with Crippen molar-refractivity contribution in [1.29, 1.82) is 0 Å². The minimum absolute atomic E-state index is 0.0360. The van der Waals surface area contributed by atoms with Crippen LogP contribution in [0.15, 0.2) is 41.4 Å². The molecule has 2 heterocycles. The minimum atomic E-state index is -3.94. The van der Waals surface area contributed by atoms with E-state index in [4.69, 9.17) is 16.3 Å². The van der Waals surface area contributed by atoms with Crippen molar-refractivity contribution in [2.45, 2.75) is 4.90 Å². The first-order valence-corrected chi connectivity index (χ1v) is 8.32. The quantitative estimate of drug-likeness (QED) is 0.788. The molecule has 0 radical (unpaired) electrons. The number of benzene rings is 1. The highest BCUT2D eigenvalue weighted by atomic mass is 35.5. The number of anilines is 1. The summed E-state index contributed by atoms with van der Waals surface area (Å²) in [7, 11) is -3.94. The number of pyridine rings is 1. The van der Waals surface area contributed by atoms with Crippen LogP contribution in [-0.4, -0.2) is 31.8 Å².